The normalized spacial score (nSPS) is 18.1. The number of amides is 1. The first-order valence-corrected chi connectivity index (χ1v) is 9.48. The van der Waals surface area contributed by atoms with Crippen molar-refractivity contribution in [1.29, 1.82) is 0 Å². The highest BCUT2D eigenvalue weighted by Crippen LogP contribution is 2.33. The fourth-order valence-electron chi connectivity index (χ4n) is 3.22. The van der Waals surface area contributed by atoms with Gasteiger partial charge in [-0.3, -0.25) is 4.79 Å². The molecule has 1 fully saturated rings. The molecule has 0 aliphatic heterocycles. The Hall–Kier alpha value is -2.94. The number of anilines is 4. The monoisotopic (exact) mass is 384 g/mol. The van der Waals surface area contributed by atoms with E-state index >= 15 is 0 Å². The van der Waals surface area contributed by atoms with Crippen LogP contribution in [0.5, 0.6) is 0 Å². The lowest BCUT2D eigenvalue weighted by Crippen LogP contribution is -2.37. The second kappa shape index (κ2) is 8.83. The molecule has 1 aliphatic rings. The molecule has 150 valence electrons. The number of rotatable bonds is 8. The van der Waals surface area contributed by atoms with E-state index in [0.29, 0.717) is 41.5 Å². The second-order valence-electron chi connectivity index (χ2n) is 7.22. The Morgan fingerprint density at radius 2 is 1.93 bits per heavy atom. The van der Waals surface area contributed by atoms with Gasteiger partial charge < -0.3 is 26.6 Å². The van der Waals surface area contributed by atoms with Crippen LogP contribution in [-0.2, 0) is 0 Å². The summed E-state index contributed by atoms with van der Waals surface area (Å²) in [6, 6.07) is 7.37. The zero-order valence-electron chi connectivity index (χ0n) is 16.6. The van der Waals surface area contributed by atoms with E-state index in [-0.39, 0.29) is 5.91 Å². The largest absolute Gasteiger partial charge is 0.373 e. The summed E-state index contributed by atoms with van der Waals surface area (Å²) in [6.07, 6.45) is 3.12. The van der Waals surface area contributed by atoms with Gasteiger partial charge in [0.2, 0.25) is 0 Å². The molecule has 5 N–H and O–H groups in total. The van der Waals surface area contributed by atoms with E-state index in [2.05, 4.69) is 31.1 Å². The van der Waals surface area contributed by atoms with Crippen LogP contribution < -0.4 is 26.6 Å². The predicted octanol–water partition coefficient (Wildman–Crippen LogP) is 1.77. The summed E-state index contributed by atoms with van der Waals surface area (Å²) in [5, 5.41) is 17.3. The average molecular weight is 384 g/mol. The van der Waals surface area contributed by atoms with Crippen molar-refractivity contribution in [3.63, 3.8) is 0 Å². The summed E-state index contributed by atoms with van der Waals surface area (Å²) in [7, 11) is 5.57. The number of nitrogens with two attached hydrogens (primary N) is 1. The lowest BCUT2D eigenvalue weighted by Gasteiger charge is -2.36. The maximum Gasteiger partial charge on any atom is 0.260 e. The van der Waals surface area contributed by atoms with Crippen molar-refractivity contribution in [3.05, 3.63) is 29.8 Å². The summed E-state index contributed by atoms with van der Waals surface area (Å²) in [5.74, 6) is 2.76. The fourth-order valence-corrected chi connectivity index (χ4v) is 3.22. The Balaban J connectivity index is 1.72. The Bertz CT molecular complexity index is 802. The molecule has 3 rings (SSSR count). The summed E-state index contributed by atoms with van der Waals surface area (Å²) in [5.41, 5.74) is 6.10. The van der Waals surface area contributed by atoms with Crippen LogP contribution in [0.3, 0.4) is 0 Å². The highest BCUT2D eigenvalue weighted by atomic mass is 16.1. The molecule has 2 aromatic rings. The number of hydrogen-bond acceptors (Lipinski definition) is 8. The topological polar surface area (TPSA) is 121 Å². The number of hydrogen-bond donors (Lipinski definition) is 4. The minimum Gasteiger partial charge on any atom is -0.373 e. The number of nitrogens with zero attached hydrogens (tertiary/aromatic N) is 4. The number of nitrogens with one attached hydrogen (secondary N) is 3. The molecule has 0 bridgehead atoms. The number of pyridine rings is 1. The molecule has 1 aliphatic carbocycles. The van der Waals surface area contributed by atoms with Crippen LogP contribution in [0, 0.1) is 5.92 Å². The van der Waals surface area contributed by atoms with E-state index in [9.17, 15) is 4.79 Å². The third-order valence-corrected chi connectivity index (χ3v) is 4.90. The summed E-state index contributed by atoms with van der Waals surface area (Å²) in [6.45, 7) is 0.714. The highest BCUT2D eigenvalue weighted by molar-refractivity contribution is 6.07. The van der Waals surface area contributed by atoms with Gasteiger partial charge in [0.25, 0.3) is 5.91 Å². The number of aromatic nitrogens is 3. The molecule has 2 aromatic heterocycles. The fraction of sp³-hybridized carbons (Fsp3) is 0.474. The lowest BCUT2D eigenvalue weighted by molar-refractivity contribution is 0.102. The highest BCUT2D eigenvalue weighted by Gasteiger charge is 2.29. The molecule has 0 aromatic carbocycles. The minimum atomic E-state index is -0.276. The van der Waals surface area contributed by atoms with E-state index in [1.54, 1.807) is 31.3 Å². The molecule has 1 amide bonds. The van der Waals surface area contributed by atoms with Gasteiger partial charge in [0, 0.05) is 27.2 Å². The van der Waals surface area contributed by atoms with Crippen molar-refractivity contribution in [2.24, 2.45) is 11.7 Å². The molecule has 28 heavy (non-hydrogen) atoms. The van der Waals surface area contributed by atoms with Crippen molar-refractivity contribution in [2.75, 3.05) is 48.5 Å². The van der Waals surface area contributed by atoms with Crippen LogP contribution in [0.15, 0.2) is 24.3 Å². The summed E-state index contributed by atoms with van der Waals surface area (Å²) >= 11 is 0. The first kappa shape index (κ1) is 19.8. The minimum absolute atomic E-state index is 0.276. The van der Waals surface area contributed by atoms with Gasteiger partial charge in [-0.1, -0.05) is 0 Å². The third kappa shape index (κ3) is 4.66. The second-order valence-corrected chi connectivity index (χ2v) is 7.22. The molecule has 2 heterocycles. The Kier molecular flexibility index (Phi) is 6.25. The zero-order valence-corrected chi connectivity index (χ0v) is 16.6. The van der Waals surface area contributed by atoms with Crippen molar-refractivity contribution in [2.45, 2.75) is 25.3 Å². The van der Waals surface area contributed by atoms with Crippen LogP contribution in [0.1, 0.15) is 29.6 Å². The van der Waals surface area contributed by atoms with Crippen LogP contribution in [0.2, 0.25) is 0 Å². The van der Waals surface area contributed by atoms with Gasteiger partial charge in [-0.25, -0.2) is 4.98 Å². The van der Waals surface area contributed by atoms with Crippen molar-refractivity contribution >= 4 is 29.2 Å². The predicted molar refractivity (Wildman–Crippen MR) is 112 cm³/mol. The number of carbonyl (C=O) groups is 1. The molecule has 0 radical (unpaired) electrons. The zero-order chi connectivity index (χ0) is 20.1. The smallest absolute Gasteiger partial charge is 0.260 e. The van der Waals surface area contributed by atoms with Crippen LogP contribution >= 0.6 is 0 Å². The number of carbonyl (C=O) groups excluding carboxylic acids is 1. The van der Waals surface area contributed by atoms with Crippen molar-refractivity contribution < 1.29 is 4.79 Å². The Morgan fingerprint density at radius 1 is 1.18 bits per heavy atom. The molecule has 1 saturated carbocycles. The molecule has 0 unspecified atom stereocenters. The third-order valence-electron chi connectivity index (χ3n) is 4.90. The SMILES string of the molecule is CNc1ccc(C(=O)Nc2ccc(N(C)C)nn2)c(NC2CC(CCN)C2)n1. The molecule has 0 spiro atoms. The standard InChI is InChI=1S/C19H28N8O/c1-21-15-5-4-14(18(23-15)22-13-10-12(11-13)8-9-20)19(28)24-16-6-7-17(26-25-16)27(2)3/h4-7,12-13H,8-11,20H2,1-3H3,(H2,21,22,23)(H,24,25,28). The molecular weight excluding hydrogens is 356 g/mol. The van der Waals surface area contributed by atoms with Gasteiger partial charge in [-0.15, -0.1) is 10.2 Å². The van der Waals surface area contributed by atoms with E-state index in [4.69, 9.17) is 5.73 Å². The van der Waals surface area contributed by atoms with Gasteiger partial charge >= 0.3 is 0 Å². The van der Waals surface area contributed by atoms with Crippen LogP contribution in [0.25, 0.3) is 0 Å². The molecular formula is C19H28N8O. The van der Waals surface area contributed by atoms with Gasteiger partial charge in [0.15, 0.2) is 11.6 Å². The molecule has 0 saturated heterocycles. The van der Waals surface area contributed by atoms with Crippen molar-refractivity contribution in [3.8, 4) is 0 Å². The Morgan fingerprint density at radius 3 is 2.54 bits per heavy atom. The van der Waals surface area contributed by atoms with Gasteiger partial charge in [0.05, 0.1) is 5.56 Å². The first-order valence-electron chi connectivity index (χ1n) is 9.48. The molecule has 9 heteroatoms. The van der Waals surface area contributed by atoms with Gasteiger partial charge in [-0.05, 0) is 56.0 Å². The van der Waals surface area contributed by atoms with E-state index in [1.807, 2.05) is 19.0 Å². The van der Waals surface area contributed by atoms with Gasteiger partial charge in [0.1, 0.15) is 11.6 Å². The summed E-state index contributed by atoms with van der Waals surface area (Å²) < 4.78 is 0. The average Bonchev–Trinajstić information content (AvgIpc) is 2.66. The summed E-state index contributed by atoms with van der Waals surface area (Å²) in [4.78, 5) is 19.2. The maximum atomic E-state index is 12.8. The van der Waals surface area contributed by atoms with Crippen molar-refractivity contribution in [1.82, 2.24) is 15.2 Å². The maximum absolute atomic E-state index is 12.8. The Labute approximate surface area is 165 Å². The van der Waals surface area contributed by atoms with Gasteiger partial charge in [-0.2, -0.15) is 0 Å². The quantitative estimate of drug-likeness (QED) is 0.543. The molecule has 0 atom stereocenters. The van der Waals surface area contributed by atoms with E-state index in [1.165, 1.54) is 0 Å². The van der Waals surface area contributed by atoms with Crippen LogP contribution in [0.4, 0.5) is 23.3 Å². The molecule has 9 nitrogen and oxygen atoms in total. The van der Waals surface area contributed by atoms with E-state index < -0.39 is 0 Å². The lowest BCUT2D eigenvalue weighted by atomic mass is 9.78. The van der Waals surface area contributed by atoms with E-state index in [0.717, 1.165) is 25.1 Å². The van der Waals surface area contributed by atoms with Crippen LogP contribution in [-0.4, -0.2) is 54.8 Å². The first-order chi connectivity index (χ1) is 13.5.